The Balaban J connectivity index is 1.95. The molecule has 2 aromatic rings. The maximum atomic E-state index is 5.47. The van der Waals surface area contributed by atoms with Crippen molar-refractivity contribution in [3.63, 3.8) is 0 Å². The number of aromatic nitrogens is 1. The lowest BCUT2D eigenvalue weighted by Crippen LogP contribution is -1.92. The molecule has 0 aliphatic rings. The van der Waals surface area contributed by atoms with Crippen molar-refractivity contribution in [3.05, 3.63) is 47.9 Å². The van der Waals surface area contributed by atoms with Crippen LogP contribution in [-0.2, 0) is 6.61 Å². The summed E-state index contributed by atoms with van der Waals surface area (Å²) < 4.78 is 10.5. The molecule has 0 amide bonds. The Bertz CT molecular complexity index is 395. The molecule has 0 saturated heterocycles. The van der Waals surface area contributed by atoms with E-state index >= 15 is 0 Å². The fourth-order valence-electron chi connectivity index (χ4n) is 1.16. The largest absolute Gasteiger partial charge is 0.486 e. The number of hydrogen-bond acceptors (Lipinski definition) is 3. The van der Waals surface area contributed by atoms with Crippen LogP contribution in [0.1, 0.15) is 11.5 Å². The van der Waals surface area contributed by atoms with E-state index < -0.39 is 0 Å². The quantitative estimate of drug-likeness (QED) is 0.744. The van der Waals surface area contributed by atoms with Gasteiger partial charge in [-0.2, -0.15) is 0 Å². The maximum absolute atomic E-state index is 5.47. The molecule has 1 aromatic heterocycles. The Morgan fingerprint density at radius 1 is 1.29 bits per heavy atom. The summed E-state index contributed by atoms with van der Waals surface area (Å²) >= 11 is 0. The molecule has 0 spiro atoms. The van der Waals surface area contributed by atoms with Gasteiger partial charge in [-0.05, 0) is 19.1 Å². The van der Waals surface area contributed by atoms with E-state index in [1.807, 2.05) is 43.3 Å². The first-order chi connectivity index (χ1) is 6.84. The minimum Gasteiger partial charge on any atom is -0.486 e. The molecule has 0 aliphatic heterocycles. The maximum Gasteiger partial charge on any atom is 0.174 e. The van der Waals surface area contributed by atoms with E-state index in [-0.39, 0.29) is 0 Å². The smallest absolute Gasteiger partial charge is 0.174 e. The predicted molar refractivity (Wildman–Crippen MR) is 52.0 cm³/mol. The molecule has 72 valence electrons. The van der Waals surface area contributed by atoms with Gasteiger partial charge in [0.2, 0.25) is 0 Å². The third-order valence-electron chi connectivity index (χ3n) is 1.80. The molecule has 0 saturated carbocycles. The molecule has 0 aliphatic carbocycles. The first-order valence-electron chi connectivity index (χ1n) is 4.44. The summed E-state index contributed by atoms with van der Waals surface area (Å²) in [6.45, 7) is 2.31. The molecule has 1 heterocycles. The van der Waals surface area contributed by atoms with Crippen molar-refractivity contribution in [3.8, 4) is 5.75 Å². The normalized spacial score (nSPS) is 10.1. The summed E-state index contributed by atoms with van der Waals surface area (Å²) in [5.74, 6) is 1.58. The SMILES string of the molecule is Cc1cc(COc2ccccc2)on1. The van der Waals surface area contributed by atoms with Gasteiger partial charge in [-0.25, -0.2) is 0 Å². The van der Waals surface area contributed by atoms with Crippen molar-refractivity contribution in [2.75, 3.05) is 0 Å². The van der Waals surface area contributed by atoms with E-state index in [9.17, 15) is 0 Å². The van der Waals surface area contributed by atoms with E-state index in [1.165, 1.54) is 0 Å². The van der Waals surface area contributed by atoms with Crippen LogP contribution in [-0.4, -0.2) is 5.16 Å². The molecule has 0 atom stereocenters. The number of nitrogens with zero attached hydrogens (tertiary/aromatic N) is 1. The first kappa shape index (κ1) is 8.81. The molecule has 0 radical (unpaired) electrons. The summed E-state index contributed by atoms with van der Waals surface area (Å²) in [6, 6.07) is 11.5. The Kier molecular flexibility index (Phi) is 2.49. The average molecular weight is 189 g/mol. The lowest BCUT2D eigenvalue weighted by Gasteiger charge is -2.01. The number of ether oxygens (including phenoxy) is 1. The number of hydrogen-bond donors (Lipinski definition) is 0. The van der Waals surface area contributed by atoms with Gasteiger partial charge in [0.1, 0.15) is 12.4 Å². The summed E-state index contributed by atoms with van der Waals surface area (Å²) in [6.07, 6.45) is 0. The highest BCUT2D eigenvalue weighted by Crippen LogP contribution is 2.11. The van der Waals surface area contributed by atoms with Crippen molar-refractivity contribution >= 4 is 0 Å². The molecule has 0 N–H and O–H groups in total. The summed E-state index contributed by atoms with van der Waals surface area (Å²) in [5, 5.41) is 3.77. The van der Waals surface area contributed by atoms with Crippen LogP contribution in [0.5, 0.6) is 5.75 Å². The molecule has 0 fully saturated rings. The first-order valence-corrected chi connectivity index (χ1v) is 4.44. The fraction of sp³-hybridized carbons (Fsp3) is 0.182. The highest BCUT2D eigenvalue weighted by Gasteiger charge is 2.00. The van der Waals surface area contributed by atoms with Crippen molar-refractivity contribution in [1.29, 1.82) is 0 Å². The van der Waals surface area contributed by atoms with Gasteiger partial charge in [0.15, 0.2) is 5.76 Å². The molecule has 0 bridgehead atoms. The summed E-state index contributed by atoms with van der Waals surface area (Å²) in [7, 11) is 0. The zero-order chi connectivity index (χ0) is 9.80. The molecule has 3 nitrogen and oxygen atoms in total. The Hall–Kier alpha value is -1.77. The van der Waals surface area contributed by atoms with Gasteiger partial charge in [-0.1, -0.05) is 23.4 Å². The number of rotatable bonds is 3. The highest BCUT2D eigenvalue weighted by molar-refractivity contribution is 5.21. The van der Waals surface area contributed by atoms with Crippen molar-refractivity contribution < 1.29 is 9.26 Å². The van der Waals surface area contributed by atoms with Gasteiger partial charge < -0.3 is 9.26 Å². The van der Waals surface area contributed by atoms with Gasteiger partial charge in [-0.15, -0.1) is 0 Å². The van der Waals surface area contributed by atoms with Crippen LogP contribution >= 0.6 is 0 Å². The second kappa shape index (κ2) is 3.96. The van der Waals surface area contributed by atoms with Gasteiger partial charge in [-0.3, -0.25) is 0 Å². The Labute approximate surface area is 82.3 Å². The fourth-order valence-corrected chi connectivity index (χ4v) is 1.16. The molecular weight excluding hydrogens is 178 g/mol. The van der Waals surface area contributed by atoms with Gasteiger partial charge in [0.25, 0.3) is 0 Å². The molecule has 3 heteroatoms. The predicted octanol–water partition coefficient (Wildman–Crippen LogP) is 2.56. The van der Waals surface area contributed by atoms with Crippen LogP contribution in [0, 0.1) is 6.92 Å². The molecular formula is C11H11NO2. The van der Waals surface area contributed by atoms with Gasteiger partial charge in [0, 0.05) is 6.07 Å². The number of aryl methyl sites for hydroxylation is 1. The highest BCUT2D eigenvalue weighted by atomic mass is 16.5. The third kappa shape index (κ3) is 2.13. The van der Waals surface area contributed by atoms with E-state index in [1.54, 1.807) is 0 Å². The zero-order valence-corrected chi connectivity index (χ0v) is 7.93. The van der Waals surface area contributed by atoms with Crippen LogP contribution < -0.4 is 4.74 Å². The number of para-hydroxylation sites is 1. The summed E-state index contributed by atoms with van der Waals surface area (Å²) in [4.78, 5) is 0. The monoisotopic (exact) mass is 189 g/mol. The standard InChI is InChI=1S/C11H11NO2/c1-9-7-11(14-12-9)8-13-10-5-3-2-4-6-10/h2-7H,8H2,1H3. The van der Waals surface area contributed by atoms with Crippen LogP contribution in [0.4, 0.5) is 0 Å². The van der Waals surface area contributed by atoms with Crippen LogP contribution in [0.15, 0.2) is 40.9 Å². The topological polar surface area (TPSA) is 35.3 Å². The average Bonchev–Trinajstić information content (AvgIpc) is 2.63. The second-order valence-corrected chi connectivity index (χ2v) is 3.04. The Morgan fingerprint density at radius 3 is 2.71 bits per heavy atom. The van der Waals surface area contributed by atoms with Crippen molar-refractivity contribution in [1.82, 2.24) is 5.16 Å². The molecule has 14 heavy (non-hydrogen) atoms. The lowest BCUT2D eigenvalue weighted by atomic mass is 10.3. The zero-order valence-electron chi connectivity index (χ0n) is 7.93. The van der Waals surface area contributed by atoms with E-state index in [4.69, 9.17) is 9.26 Å². The van der Waals surface area contributed by atoms with E-state index in [0.717, 1.165) is 17.2 Å². The van der Waals surface area contributed by atoms with Crippen molar-refractivity contribution in [2.45, 2.75) is 13.5 Å². The van der Waals surface area contributed by atoms with Crippen molar-refractivity contribution in [2.24, 2.45) is 0 Å². The molecule has 0 unspecified atom stereocenters. The van der Waals surface area contributed by atoms with Crippen LogP contribution in [0.2, 0.25) is 0 Å². The van der Waals surface area contributed by atoms with Crippen LogP contribution in [0.25, 0.3) is 0 Å². The summed E-state index contributed by atoms with van der Waals surface area (Å²) in [5.41, 5.74) is 0.872. The lowest BCUT2D eigenvalue weighted by molar-refractivity contribution is 0.249. The third-order valence-corrected chi connectivity index (χ3v) is 1.80. The van der Waals surface area contributed by atoms with Gasteiger partial charge >= 0.3 is 0 Å². The van der Waals surface area contributed by atoms with Crippen LogP contribution in [0.3, 0.4) is 0 Å². The molecule has 1 aromatic carbocycles. The minimum atomic E-state index is 0.421. The molecule has 2 rings (SSSR count). The number of benzene rings is 1. The minimum absolute atomic E-state index is 0.421. The van der Waals surface area contributed by atoms with E-state index in [0.29, 0.717) is 6.61 Å². The Morgan fingerprint density at radius 2 is 2.07 bits per heavy atom. The second-order valence-electron chi connectivity index (χ2n) is 3.04. The van der Waals surface area contributed by atoms with Gasteiger partial charge in [0.05, 0.1) is 5.69 Å². The van der Waals surface area contributed by atoms with E-state index in [2.05, 4.69) is 5.16 Å².